The number of nitrogens with one attached hydrogen (secondary N) is 2. The van der Waals surface area contributed by atoms with Gasteiger partial charge >= 0.3 is 12.0 Å². The van der Waals surface area contributed by atoms with Crippen LogP contribution < -0.4 is 10.6 Å². The van der Waals surface area contributed by atoms with Gasteiger partial charge in [0.05, 0.1) is 5.56 Å². The van der Waals surface area contributed by atoms with Crippen LogP contribution in [-0.2, 0) is 0 Å². The number of hydrogen-bond donors (Lipinski definition) is 3. The molecule has 1 aromatic carbocycles. The molecule has 21 heavy (non-hydrogen) atoms. The maximum absolute atomic E-state index is 12.0. The van der Waals surface area contributed by atoms with Crippen LogP contribution in [-0.4, -0.2) is 23.1 Å². The molecule has 0 unspecified atom stereocenters. The number of carboxylic acids is 1. The fourth-order valence-electron chi connectivity index (χ4n) is 2.64. The first-order chi connectivity index (χ1) is 9.95. The molecule has 1 saturated carbocycles. The Balaban J connectivity index is 1.96. The van der Waals surface area contributed by atoms with Crippen molar-refractivity contribution in [1.82, 2.24) is 5.32 Å². The minimum atomic E-state index is -1.00. The number of aryl methyl sites for hydroxylation is 1. The first kappa shape index (κ1) is 15.4. The van der Waals surface area contributed by atoms with Crippen molar-refractivity contribution in [3.63, 3.8) is 0 Å². The molecule has 0 heterocycles. The predicted molar refractivity (Wildman–Crippen MR) is 81.7 cm³/mol. The molecule has 0 saturated heterocycles. The van der Waals surface area contributed by atoms with Crippen LogP contribution in [0.15, 0.2) is 18.2 Å². The molecule has 1 fully saturated rings. The van der Waals surface area contributed by atoms with E-state index >= 15 is 0 Å². The van der Waals surface area contributed by atoms with E-state index in [9.17, 15) is 9.59 Å². The summed E-state index contributed by atoms with van der Waals surface area (Å²) < 4.78 is 0. The van der Waals surface area contributed by atoms with Crippen LogP contribution >= 0.6 is 0 Å². The molecule has 1 aliphatic rings. The van der Waals surface area contributed by atoms with Gasteiger partial charge in [-0.2, -0.15) is 0 Å². The zero-order valence-electron chi connectivity index (χ0n) is 12.5. The number of carboxylic acid groups (broad SMARTS) is 1. The zero-order valence-corrected chi connectivity index (χ0v) is 12.5. The number of anilines is 1. The van der Waals surface area contributed by atoms with Crippen LogP contribution in [0.2, 0.25) is 0 Å². The monoisotopic (exact) mass is 290 g/mol. The van der Waals surface area contributed by atoms with Crippen LogP contribution in [0.4, 0.5) is 10.5 Å². The van der Waals surface area contributed by atoms with E-state index in [-0.39, 0.29) is 17.6 Å². The predicted octanol–water partition coefficient (Wildman–Crippen LogP) is 3.39. The number of benzene rings is 1. The second kappa shape index (κ2) is 6.61. The normalized spacial score (nSPS) is 21.6. The highest BCUT2D eigenvalue weighted by Crippen LogP contribution is 2.23. The second-order valence-corrected chi connectivity index (χ2v) is 5.89. The van der Waals surface area contributed by atoms with Crippen LogP contribution in [0, 0.1) is 12.8 Å². The molecular formula is C16H22N2O3. The molecule has 2 amide bonds. The number of urea groups is 1. The van der Waals surface area contributed by atoms with Crippen LogP contribution in [0.3, 0.4) is 0 Å². The summed E-state index contributed by atoms with van der Waals surface area (Å²) in [6.45, 7) is 4.07. The lowest BCUT2D eigenvalue weighted by atomic mass is 9.87. The smallest absolute Gasteiger partial charge is 0.335 e. The highest BCUT2D eigenvalue weighted by atomic mass is 16.4. The van der Waals surface area contributed by atoms with E-state index in [1.54, 1.807) is 6.07 Å². The Hall–Kier alpha value is -2.04. The Morgan fingerprint density at radius 3 is 2.48 bits per heavy atom. The van der Waals surface area contributed by atoms with E-state index in [4.69, 9.17) is 5.11 Å². The fraction of sp³-hybridized carbons (Fsp3) is 0.500. The lowest BCUT2D eigenvalue weighted by molar-refractivity contribution is 0.0697. The van der Waals surface area contributed by atoms with Gasteiger partial charge in [-0.25, -0.2) is 9.59 Å². The molecule has 1 aromatic rings. The fourth-order valence-corrected chi connectivity index (χ4v) is 2.64. The van der Waals surface area contributed by atoms with Crippen molar-refractivity contribution in [3.05, 3.63) is 29.3 Å². The van der Waals surface area contributed by atoms with E-state index in [1.165, 1.54) is 12.1 Å². The summed E-state index contributed by atoms with van der Waals surface area (Å²) >= 11 is 0. The van der Waals surface area contributed by atoms with Gasteiger partial charge in [0.25, 0.3) is 0 Å². The third kappa shape index (κ3) is 4.21. The molecule has 5 nitrogen and oxygen atoms in total. The quantitative estimate of drug-likeness (QED) is 0.798. The standard InChI is InChI=1S/C16H22N2O3/c1-10-3-7-13(8-4-10)17-16(21)18-14-9-12(15(19)20)6-5-11(14)2/h5-6,9-10,13H,3-4,7-8H2,1-2H3,(H,19,20)(H2,17,18,21). The number of amides is 2. The average molecular weight is 290 g/mol. The summed E-state index contributed by atoms with van der Waals surface area (Å²) in [6.07, 6.45) is 4.28. The van der Waals surface area contributed by atoms with Crippen molar-refractivity contribution in [3.8, 4) is 0 Å². The van der Waals surface area contributed by atoms with Gasteiger partial charge < -0.3 is 15.7 Å². The zero-order chi connectivity index (χ0) is 15.4. The van der Waals surface area contributed by atoms with Crippen molar-refractivity contribution in [1.29, 1.82) is 0 Å². The third-order valence-electron chi connectivity index (χ3n) is 4.08. The molecule has 2 rings (SSSR count). The van der Waals surface area contributed by atoms with E-state index in [1.807, 2.05) is 6.92 Å². The number of aromatic carboxylic acids is 1. The Kier molecular flexibility index (Phi) is 4.83. The molecule has 1 aliphatic carbocycles. The van der Waals surface area contributed by atoms with Gasteiger partial charge in [0.2, 0.25) is 0 Å². The van der Waals surface area contributed by atoms with Crippen LogP contribution in [0.1, 0.15) is 48.5 Å². The van der Waals surface area contributed by atoms with Gasteiger partial charge in [-0.3, -0.25) is 0 Å². The molecule has 5 heteroatoms. The van der Waals surface area contributed by atoms with E-state index < -0.39 is 5.97 Å². The molecule has 0 aliphatic heterocycles. The molecule has 0 radical (unpaired) electrons. The Morgan fingerprint density at radius 2 is 1.86 bits per heavy atom. The maximum Gasteiger partial charge on any atom is 0.335 e. The molecule has 114 valence electrons. The minimum Gasteiger partial charge on any atom is -0.478 e. The largest absolute Gasteiger partial charge is 0.478 e. The third-order valence-corrected chi connectivity index (χ3v) is 4.08. The highest BCUT2D eigenvalue weighted by molar-refractivity contribution is 5.94. The van der Waals surface area contributed by atoms with Gasteiger partial charge in [0.15, 0.2) is 0 Å². The van der Waals surface area contributed by atoms with E-state index in [0.29, 0.717) is 5.69 Å². The number of rotatable bonds is 3. The first-order valence-corrected chi connectivity index (χ1v) is 7.37. The molecule has 3 N–H and O–H groups in total. The molecule has 0 spiro atoms. The van der Waals surface area contributed by atoms with Crippen molar-refractivity contribution in [2.45, 2.75) is 45.6 Å². The Bertz CT molecular complexity index is 534. The molecule has 0 atom stereocenters. The van der Waals surface area contributed by atoms with E-state index in [2.05, 4.69) is 17.6 Å². The van der Waals surface area contributed by atoms with Crippen molar-refractivity contribution in [2.75, 3.05) is 5.32 Å². The summed E-state index contributed by atoms with van der Waals surface area (Å²) in [6, 6.07) is 4.66. The lowest BCUT2D eigenvalue weighted by Gasteiger charge is -2.27. The summed E-state index contributed by atoms with van der Waals surface area (Å²) in [5.41, 5.74) is 1.55. The number of hydrogen-bond acceptors (Lipinski definition) is 2. The molecule has 0 bridgehead atoms. The lowest BCUT2D eigenvalue weighted by Crippen LogP contribution is -2.40. The van der Waals surface area contributed by atoms with Gasteiger partial charge in [-0.05, 0) is 56.2 Å². The first-order valence-electron chi connectivity index (χ1n) is 7.37. The maximum atomic E-state index is 12.0. The van der Waals surface area contributed by atoms with Crippen molar-refractivity contribution >= 4 is 17.7 Å². The summed E-state index contributed by atoms with van der Waals surface area (Å²) in [5.74, 6) is -0.264. The molecular weight excluding hydrogens is 268 g/mol. The number of carbonyl (C=O) groups is 2. The second-order valence-electron chi connectivity index (χ2n) is 5.89. The summed E-state index contributed by atoms with van der Waals surface area (Å²) in [4.78, 5) is 23.0. The van der Waals surface area contributed by atoms with Gasteiger partial charge in [0, 0.05) is 11.7 Å². The van der Waals surface area contributed by atoms with Gasteiger partial charge in [-0.15, -0.1) is 0 Å². The molecule has 0 aromatic heterocycles. The topological polar surface area (TPSA) is 78.4 Å². The van der Waals surface area contributed by atoms with Crippen LogP contribution in [0.5, 0.6) is 0 Å². The van der Waals surface area contributed by atoms with E-state index in [0.717, 1.165) is 37.2 Å². The Labute approximate surface area is 124 Å². The SMILES string of the molecule is Cc1ccc(C(=O)O)cc1NC(=O)NC1CCC(C)CC1. The van der Waals surface area contributed by atoms with Crippen molar-refractivity contribution in [2.24, 2.45) is 5.92 Å². The highest BCUT2D eigenvalue weighted by Gasteiger charge is 2.20. The summed E-state index contributed by atoms with van der Waals surface area (Å²) in [7, 11) is 0. The Morgan fingerprint density at radius 1 is 1.19 bits per heavy atom. The average Bonchev–Trinajstić information content (AvgIpc) is 2.43. The summed E-state index contributed by atoms with van der Waals surface area (Å²) in [5, 5.41) is 14.7. The van der Waals surface area contributed by atoms with Gasteiger partial charge in [-0.1, -0.05) is 13.0 Å². The van der Waals surface area contributed by atoms with Gasteiger partial charge in [0.1, 0.15) is 0 Å². The van der Waals surface area contributed by atoms with Crippen LogP contribution in [0.25, 0.3) is 0 Å². The number of carbonyl (C=O) groups excluding carboxylic acids is 1. The minimum absolute atomic E-state index is 0.169. The van der Waals surface area contributed by atoms with Crippen molar-refractivity contribution < 1.29 is 14.7 Å².